The Kier molecular flexibility index (Phi) is 5.82. The Balaban J connectivity index is 0.00000210. The van der Waals surface area contributed by atoms with Crippen LogP contribution in [0.4, 0.5) is 10.1 Å². The highest BCUT2D eigenvalue weighted by molar-refractivity contribution is 6.30. The van der Waals surface area contributed by atoms with Gasteiger partial charge < -0.3 is 5.11 Å². The average molecular weight is 406 g/mol. The minimum absolute atomic E-state index is 0. The smallest absolute Gasteiger partial charge is 0.257 e. The standard InChI is InChI=1S/C20H17ClFN3O.ClH/c21-15-5-9-17(10-6-15)23-19(26)13-24-12-18(25-11-1-2-20(24)25)14-3-7-16(22)8-4-14;/h3-10,12H,1-2,11,13H2;1H. The van der Waals surface area contributed by atoms with E-state index in [4.69, 9.17) is 11.6 Å². The molecule has 0 unspecified atom stereocenters. The van der Waals surface area contributed by atoms with Crippen molar-refractivity contribution in [3.8, 4) is 11.3 Å². The molecule has 4 nitrogen and oxygen atoms in total. The Morgan fingerprint density at radius 2 is 1.85 bits per heavy atom. The van der Waals surface area contributed by atoms with Crippen molar-refractivity contribution >= 4 is 35.6 Å². The zero-order valence-corrected chi connectivity index (χ0v) is 16.0. The third-order valence-corrected chi connectivity index (χ3v) is 4.77. The van der Waals surface area contributed by atoms with E-state index in [0.29, 0.717) is 10.7 Å². The van der Waals surface area contributed by atoms with Crippen LogP contribution in [0.5, 0.6) is 0 Å². The summed E-state index contributed by atoms with van der Waals surface area (Å²) in [6.07, 6.45) is 3.90. The fourth-order valence-electron chi connectivity index (χ4n) is 3.34. The molecule has 0 fully saturated rings. The molecular formula is C20H18Cl2FN3O. The Labute approximate surface area is 168 Å². The van der Waals surface area contributed by atoms with Crippen molar-refractivity contribution in [1.82, 2.24) is 4.57 Å². The van der Waals surface area contributed by atoms with Gasteiger partial charge in [0.1, 0.15) is 18.6 Å². The summed E-state index contributed by atoms with van der Waals surface area (Å²) < 4.78 is 17.4. The minimum Gasteiger partial charge on any atom is -0.859 e. The van der Waals surface area contributed by atoms with Crippen LogP contribution >= 0.6 is 24.0 Å². The van der Waals surface area contributed by atoms with Gasteiger partial charge >= 0.3 is 0 Å². The van der Waals surface area contributed by atoms with Gasteiger partial charge in [0.15, 0.2) is 5.69 Å². The molecule has 0 spiro atoms. The van der Waals surface area contributed by atoms with E-state index in [2.05, 4.69) is 9.56 Å². The van der Waals surface area contributed by atoms with Crippen molar-refractivity contribution < 1.29 is 14.1 Å². The summed E-state index contributed by atoms with van der Waals surface area (Å²) in [6.45, 7) is 1.08. The summed E-state index contributed by atoms with van der Waals surface area (Å²) in [5, 5.41) is 13.0. The van der Waals surface area contributed by atoms with Gasteiger partial charge in [-0.2, -0.15) is 0 Å². The normalized spacial score (nSPS) is 13.3. The van der Waals surface area contributed by atoms with Crippen LogP contribution in [0.3, 0.4) is 0 Å². The molecule has 0 N–H and O–H groups in total. The van der Waals surface area contributed by atoms with Crippen LogP contribution in [0, 0.1) is 5.82 Å². The van der Waals surface area contributed by atoms with Crippen LogP contribution in [0.1, 0.15) is 12.2 Å². The predicted octanol–water partition coefficient (Wildman–Crippen LogP) is 3.69. The summed E-state index contributed by atoms with van der Waals surface area (Å²) in [7, 11) is 0. The molecule has 140 valence electrons. The third-order valence-electron chi connectivity index (χ3n) is 4.52. The molecule has 1 aromatic heterocycles. The van der Waals surface area contributed by atoms with Crippen molar-refractivity contribution in [1.29, 1.82) is 0 Å². The number of fused-ring (bicyclic) bond motifs is 1. The average Bonchev–Trinajstić information content (AvgIpc) is 3.22. The van der Waals surface area contributed by atoms with Gasteiger partial charge in [-0.3, -0.25) is 4.99 Å². The minimum atomic E-state index is -0.258. The highest BCUT2D eigenvalue weighted by Gasteiger charge is 2.28. The van der Waals surface area contributed by atoms with Gasteiger partial charge in [0.2, 0.25) is 0 Å². The molecule has 4 rings (SSSR count). The maximum Gasteiger partial charge on any atom is 0.257 e. The molecule has 2 heterocycles. The number of nitrogens with zero attached hydrogens (tertiary/aromatic N) is 3. The summed E-state index contributed by atoms with van der Waals surface area (Å²) >= 11 is 5.86. The summed E-state index contributed by atoms with van der Waals surface area (Å²) in [5.41, 5.74) is 2.53. The van der Waals surface area contributed by atoms with Gasteiger partial charge in [-0.05, 0) is 55.0 Å². The molecular weight excluding hydrogens is 388 g/mol. The first kappa shape index (κ1) is 19.4. The molecule has 27 heavy (non-hydrogen) atoms. The Bertz CT molecular complexity index is 966. The zero-order chi connectivity index (χ0) is 18.1. The van der Waals surface area contributed by atoms with Crippen LogP contribution < -0.4 is 9.67 Å². The lowest BCUT2D eigenvalue weighted by molar-refractivity contribution is -0.693. The number of aromatic nitrogens is 2. The number of aliphatic imine (C=N–C) groups is 1. The van der Waals surface area contributed by atoms with E-state index in [-0.39, 0.29) is 30.7 Å². The maximum absolute atomic E-state index is 13.2. The van der Waals surface area contributed by atoms with E-state index in [1.165, 1.54) is 12.1 Å². The predicted molar refractivity (Wildman–Crippen MR) is 104 cm³/mol. The van der Waals surface area contributed by atoms with Crippen molar-refractivity contribution in [3.63, 3.8) is 0 Å². The van der Waals surface area contributed by atoms with Crippen LogP contribution in [0.25, 0.3) is 11.3 Å². The summed E-state index contributed by atoms with van der Waals surface area (Å²) in [4.78, 5) is 4.14. The highest BCUT2D eigenvalue weighted by atomic mass is 35.5. The second kappa shape index (κ2) is 8.11. The number of hydrogen-bond acceptors (Lipinski definition) is 2. The van der Waals surface area contributed by atoms with Gasteiger partial charge in [-0.25, -0.2) is 13.5 Å². The number of halogens is 3. The lowest BCUT2D eigenvalue weighted by Crippen LogP contribution is -2.43. The monoisotopic (exact) mass is 405 g/mol. The Hall–Kier alpha value is -2.37. The van der Waals surface area contributed by atoms with E-state index >= 15 is 0 Å². The van der Waals surface area contributed by atoms with Crippen LogP contribution in [-0.2, 0) is 19.5 Å². The molecule has 1 aliphatic rings. The molecule has 0 bridgehead atoms. The summed E-state index contributed by atoms with van der Waals surface area (Å²) in [5.74, 6) is 0.624. The van der Waals surface area contributed by atoms with E-state index in [1.54, 1.807) is 36.4 Å². The van der Waals surface area contributed by atoms with Crippen molar-refractivity contribution in [2.24, 2.45) is 4.99 Å². The summed E-state index contributed by atoms with van der Waals surface area (Å²) in [6, 6.07) is 13.3. The topological polar surface area (TPSA) is 44.2 Å². The van der Waals surface area contributed by atoms with E-state index < -0.39 is 0 Å². The van der Waals surface area contributed by atoms with E-state index in [0.717, 1.165) is 36.5 Å². The third kappa shape index (κ3) is 4.15. The highest BCUT2D eigenvalue weighted by Crippen LogP contribution is 2.25. The first-order chi connectivity index (χ1) is 12.6. The quantitative estimate of drug-likeness (QED) is 0.370. The number of benzene rings is 2. The van der Waals surface area contributed by atoms with Gasteiger partial charge in [0, 0.05) is 16.5 Å². The molecule has 0 aliphatic carbocycles. The second-order valence-electron chi connectivity index (χ2n) is 6.30. The first-order valence-corrected chi connectivity index (χ1v) is 8.86. The largest absolute Gasteiger partial charge is 0.859 e. The van der Waals surface area contributed by atoms with Gasteiger partial charge in [-0.15, -0.1) is 12.4 Å². The fraction of sp³-hybridized carbons (Fsp3) is 0.200. The lowest BCUT2D eigenvalue weighted by Gasteiger charge is -2.08. The van der Waals surface area contributed by atoms with Gasteiger partial charge in [-0.1, -0.05) is 11.6 Å². The molecule has 7 heteroatoms. The Morgan fingerprint density at radius 1 is 1.15 bits per heavy atom. The van der Waals surface area contributed by atoms with Crippen molar-refractivity contribution in [2.45, 2.75) is 25.9 Å². The molecule has 0 radical (unpaired) electrons. The molecule has 2 aromatic carbocycles. The first-order valence-electron chi connectivity index (χ1n) is 8.48. The van der Waals surface area contributed by atoms with E-state index in [1.807, 2.05) is 10.8 Å². The zero-order valence-electron chi connectivity index (χ0n) is 14.4. The molecule has 0 saturated heterocycles. The van der Waals surface area contributed by atoms with Gasteiger partial charge in [0.05, 0.1) is 18.7 Å². The van der Waals surface area contributed by atoms with Crippen molar-refractivity contribution in [3.05, 3.63) is 71.4 Å². The molecule has 0 amide bonds. The maximum atomic E-state index is 13.2. The molecule has 3 aromatic rings. The molecule has 1 aliphatic heterocycles. The van der Waals surface area contributed by atoms with Crippen LogP contribution in [0.15, 0.2) is 59.7 Å². The van der Waals surface area contributed by atoms with Crippen molar-refractivity contribution in [2.75, 3.05) is 0 Å². The van der Waals surface area contributed by atoms with Gasteiger partial charge in [0.25, 0.3) is 5.82 Å². The number of hydrogen-bond donors (Lipinski definition) is 0. The van der Waals surface area contributed by atoms with E-state index in [9.17, 15) is 9.50 Å². The SMILES string of the molecule is Cl.[O-]C(C[n+]1cc(-c2ccc(F)cc2)n2c1CCC2)=Nc1ccc(Cl)cc1. The second-order valence-corrected chi connectivity index (χ2v) is 6.74. The Morgan fingerprint density at radius 3 is 2.56 bits per heavy atom. The lowest BCUT2D eigenvalue weighted by atomic mass is 10.1. The molecule has 0 saturated carbocycles. The number of rotatable bonds is 4. The van der Waals surface area contributed by atoms with Crippen LogP contribution in [-0.4, -0.2) is 10.5 Å². The number of imidazole rings is 1. The molecule has 0 atom stereocenters. The van der Waals surface area contributed by atoms with Crippen LogP contribution in [0.2, 0.25) is 5.02 Å². The fourth-order valence-corrected chi connectivity index (χ4v) is 3.46.